The SMILES string of the molecule is Cc1cc(C(C)(C)CO)c(F)cc1O. The van der Waals surface area contributed by atoms with E-state index in [0.29, 0.717) is 11.1 Å². The fraction of sp³-hybridized carbons (Fsp3) is 0.455. The summed E-state index contributed by atoms with van der Waals surface area (Å²) in [5.74, 6) is -0.535. The summed E-state index contributed by atoms with van der Waals surface area (Å²) < 4.78 is 13.4. The normalized spacial score (nSPS) is 11.8. The van der Waals surface area contributed by atoms with Crippen molar-refractivity contribution in [2.45, 2.75) is 26.2 Å². The van der Waals surface area contributed by atoms with Gasteiger partial charge in [0.25, 0.3) is 0 Å². The van der Waals surface area contributed by atoms with E-state index < -0.39 is 11.2 Å². The Morgan fingerprint density at radius 2 is 1.93 bits per heavy atom. The standard InChI is InChI=1S/C11H15FO2/c1-7-4-8(11(2,3)6-13)9(12)5-10(7)14/h4-5,13-14H,6H2,1-3H3. The molecule has 0 bridgehead atoms. The highest BCUT2D eigenvalue weighted by molar-refractivity contribution is 5.39. The van der Waals surface area contributed by atoms with Gasteiger partial charge in [0.05, 0.1) is 6.61 Å². The number of aromatic hydroxyl groups is 1. The van der Waals surface area contributed by atoms with Crippen molar-refractivity contribution < 1.29 is 14.6 Å². The fourth-order valence-corrected chi connectivity index (χ4v) is 1.27. The largest absolute Gasteiger partial charge is 0.508 e. The molecule has 1 aromatic rings. The Bertz CT molecular complexity index is 345. The van der Waals surface area contributed by atoms with Crippen LogP contribution in [0.5, 0.6) is 5.75 Å². The molecular weight excluding hydrogens is 183 g/mol. The molecule has 0 aromatic heterocycles. The number of benzene rings is 1. The number of aliphatic hydroxyl groups is 1. The van der Waals surface area contributed by atoms with Gasteiger partial charge in [0, 0.05) is 11.5 Å². The first-order chi connectivity index (χ1) is 6.38. The highest BCUT2D eigenvalue weighted by Crippen LogP contribution is 2.29. The van der Waals surface area contributed by atoms with Crippen LogP contribution in [-0.4, -0.2) is 16.8 Å². The number of hydrogen-bond donors (Lipinski definition) is 2. The molecule has 0 aliphatic heterocycles. The molecule has 2 N–H and O–H groups in total. The van der Waals surface area contributed by atoms with Crippen molar-refractivity contribution in [3.05, 3.63) is 29.1 Å². The smallest absolute Gasteiger partial charge is 0.130 e. The van der Waals surface area contributed by atoms with E-state index in [1.807, 2.05) is 0 Å². The minimum absolute atomic E-state index is 0.0556. The molecular formula is C11H15FO2. The first kappa shape index (κ1) is 11.0. The molecule has 0 heterocycles. The van der Waals surface area contributed by atoms with Crippen LogP contribution in [0.4, 0.5) is 4.39 Å². The Hall–Kier alpha value is -1.09. The predicted molar refractivity (Wildman–Crippen MR) is 52.9 cm³/mol. The lowest BCUT2D eigenvalue weighted by Gasteiger charge is -2.23. The lowest BCUT2D eigenvalue weighted by molar-refractivity contribution is 0.214. The topological polar surface area (TPSA) is 40.5 Å². The van der Waals surface area contributed by atoms with Crippen LogP contribution in [-0.2, 0) is 5.41 Å². The Labute approximate surface area is 83.0 Å². The maximum absolute atomic E-state index is 13.4. The van der Waals surface area contributed by atoms with Gasteiger partial charge in [-0.1, -0.05) is 13.8 Å². The van der Waals surface area contributed by atoms with Gasteiger partial charge in [-0.05, 0) is 24.1 Å². The maximum Gasteiger partial charge on any atom is 0.130 e. The number of hydrogen-bond acceptors (Lipinski definition) is 2. The monoisotopic (exact) mass is 198 g/mol. The van der Waals surface area contributed by atoms with Crippen molar-refractivity contribution >= 4 is 0 Å². The van der Waals surface area contributed by atoms with Gasteiger partial charge in [0.1, 0.15) is 11.6 Å². The highest BCUT2D eigenvalue weighted by atomic mass is 19.1. The molecule has 0 unspecified atom stereocenters. The Morgan fingerprint density at radius 3 is 2.43 bits per heavy atom. The molecule has 0 aliphatic rings. The van der Waals surface area contributed by atoms with Gasteiger partial charge in [-0.2, -0.15) is 0 Å². The summed E-state index contributed by atoms with van der Waals surface area (Å²) in [5.41, 5.74) is 0.418. The summed E-state index contributed by atoms with van der Waals surface area (Å²) in [6.45, 7) is 5.07. The Balaban J connectivity index is 3.29. The van der Waals surface area contributed by atoms with Crippen molar-refractivity contribution in [3.8, 4) is 5.75 Å². The molecule has 0 spiro atoms. The summed E-state index contributed by atoms with van der Waals surface area (Å²) in [6, 6.07) is 2.66. The summed E-state index contributed by atoms with van der Waals surface area (Å²) >= 11 is 0. The molecule has 0 aliphatic carbocycles. The molecule has 3 heteroatoms. The Kier molecular flexibility index (Phi) is 2.81. The van der Waals surface area contributed by atoms with Gasteiger partial charge in [-0.15, -0.1) is 0 Å². The average Bonchev–Trinajstić information content (AvgIpc) is 2.11. The first-order valence-electron chi connectivity index (χ1n) is 4.49. The molecule has 0 fully saturated rings. The molecule has 14 heavy (non-hydrogen) atoms. The zero-order chi connectivity index (χ0) is 10.9. The van der Waals surface area contributed by atoms with Crippen molar-refractivity contribution in [1.82, 2.24) is 0 Å². The number of aryl methyl sites for hydroxylation is 1. The third kappa shape index (κ3) is 1.87. The van der Waals surface area contributed by atoms with E-state index in [-0.39, 0.29) is 12.4 Å². The minimum Gasteiger partial charge on any atom is -0.508 e. The predicted octanol–water partition coefficient (Wildman–Crippen LogP) is 2.11. The van der Waals surface area contributed by atoms with E-state index in [1.165, 1.54) is 0 Å². The number of aliphatic hydroxyl groups excluding tert-OH is 1. The van der Waals surface area contributed by atoms with E-state index in [1.54, 1.807) is 26.8 Å². The second-order valence-electron chi connectivity index (χ2n) is 4.16. The van der Waals surface area contributed by atoms with Crippen LogP contribution in [0.1, 0.15) is 25.0 Å². The lowest BCUT2D eigenvalue weighted by atomic mass is 9.84. The molecule has 0 radical (unpaired) electrons. The van der Waals surface area contributed by atoms with Crippen molar-refractivity contribution in [2.75, 3.05) is 6.61 Å². The van der Waals surface area contributed by atoms with Gasteiger partial charge in [0.2, 0.25) is 0 Å². The van der Waals surface area contributed by atoms with Crippen LogP contribution < -0.4 is 0 Å². The lowest BCUT2D eigenvalue weighted by Crippen LogP contribution is -2.23. The Morgan fingerprint density at radius 1 is 1.36 bits per heavy atom. The first-order valence-corrected chi connectivity index (χ1v) is 4.49. The second kappa shape index (κ2) is 3.58. The van der Waals surface area contributed by atoms with Crippen LogP contribution >= 0.6 is 0 Å². The highest BCUT2D eigenvalue weighted by Gasteiger charge is 2.24. The average molecular weight is 198 g/mol. The number of halogens is 1. The van der Waals surface area contributed by atoms with Crippen LogP contribution in [0.2, 0.25) is 0 Å². The van der Waals surface area contributed by atoms with Gasteiger partial charge < -0.3 is 10.2 Å². The van der Waals surface area contributed by atoms with Gasteiger partial charge >= 0.3 is 0 Å². The van der Waals surface area contributed by atoms with Crippen LogP contribution in [0.25, 0.3) is 0 Å². The third-order valence-corrected chi connectivity index (χ3v) is 2.41. The third-order valence-electron chi connectivity index (χ3n) is 2.41. The summed E-state index contributed by atoms with van der Waals surface area (Å²) in [4.78, 5) is 0. The van der Waals surface area contributed by atoms with E-state index in [2.05, 4.69) is 0 Å². The van der Waals surface area contributed by atoms with Gasteiger partial charge in [-0.25, -0.2) is 4.39 Å². The maximum atomic E-state index is 13.4. The molecule has 78 valence electrons. The zero-order valence-corrected chi connectivity index (χ0v) is 8.63. The fourth-order valence-electron chi connectivity index (χ4n) is 1.27. The molecule has 0 atom stereocenters. The molecule has 0 saturated carbocycles. The molecule has 1 rings (SSSR count). The van der Waals surface area contributed by atoms with Crippen LogP contribution in [0.3, 0.4) is 0 Å². The summed E-state index contributed by atoms with van der Waals surface area (Å²) in [5, 5.41) is 18.4. The van der Waals surface area contributed by atoms with Gasteiger partial charge in [-0.3, -0.25) is 0 Å². The quantitative estimate of drug-likeness (QED) is 0.764. The zero-order valence-electron chi connectivity index (χ0n) is 8.63. The van der Waals surface area contributed by atoms with E-state index in [0.717, 1.165) is 6.07 Å². The molecule has 0 amide bonds. The van der Waals surface area contributed by atoms with Crippen molar-refractivity contribution in [3.63, 3.8) is 0 Å². The number of rotatable bonds is 2. The van der Waals surface area contributed by atoms with Gasteiger partial charge in [0.15, 0.2) is 0 Å². The summed E-state index contributed by atoms with van der Waals surface area (Å²) in [7, 11) is 0. The second-order valence-corrected chi connectivity index (χ2v) is 4.16. The van der Waals surface area contributed by atoms with Crippen LogP contribution in [0.15, 0.2) is 12.1 Å². The molecule has 2 nitrogen and oxygen atoms in total. The number of phenolic OH excluding ortho intramolecular Hbond substituents is 1. The molecule has 0 saturated heterocycles. The van der Waals surface area contributed by atoms with E-state index >= 15 is 0 Å². The minimum atomic E-state index is -0.622. The van der Waals surface area contributed by atoms with E-state index in [4.69, 9.17) is 5.11 Å². The number of phenols is 1. The summed E-state index contributed by atoms with van der Waals surface area (Å²) in [6.07, 6.45) is 0. The van der Waals surface area contributed by atoms with Crippen LogP contribution in [0, 0.1) is 12.7 Å². The molecule has 1 aromatic carbocycles. The van der Waals surface area contributed by atoms with Crippen molar-refractivity contribution in [1.29, 1.82) is 0 Å². The van der Waals surface area contributed by atoms with E-state index in [9.17, 15) is 9.50 Å². The van der Waals surface area contributed by atoms with Crippen molar-refractivity contribution in [2.24, 2.45) is 0 Å².